The van der Waals surface area contributed by atoms with Gasteiger partial charge in [0.1, 0.15) is 0 Å². The van der Waals surface area contributed by atoms with Gasteiger partial charge in [0.15, 0.2) is 11.5 Å². The maximum atomic E-state index is 12.8. The molecular formula is C20H32N2O3. The van der Waals surface area contributed by atoms with Gasteiger partial charge in [-0.25, -0.2) is 0 Å². The third-order valence-corrected chi connectivity index (χ3v) is 5.01. The van der Waals surface area contributed by atoms with Crippen molar-refractivity contribution >= 4 is 5.91 Å². The average molecular weight is 348 g/mol. The normalized spacial score (nSPS) is 17.5. The number of carbonyl (C=O) groups excluding carboxylic acids is 1. The van der Waals surface area contributed by atoms with Gasteiger partial charge in [-0.3, -0.25) is 9.69 Å². The van der Waals surface area contributed by atoms with E-state index in [-0.39, 0.29) is 5.91 Å². The molecular weight excluding hydrogens is 316 g/mol. The van der Waals surface area contributed by atoms with Gasteiger partial charge in [0.25, 0.3) is 5.91 Å². The summed E-state index contributed by atoms with van der Waals surface area (Å²) in [5.74, 6) is 1.05. The van der Waals surface area contributed by atoms with Gasteiger partial charge in [0, 0.05) is 12.6 Å². The zero-order valence-electron chi connectivity index (χ0n) is 16.1. The number of amides is 1. The summed E-state index contributed by atoms with van der Waals surface area (Å²) in [6, 6.07) is 4.35. The second-order valence-corrected chi connectivity index (χ2v) is 6.62. The molecule has 1 N–H and O–H groups in total. The lowest BCUT2D eigenvalue weighted by molar-refractivity contribution is 0.0937. The summed E-state index contributed by atoms with van der Waals surface area (Å²) < 4.78 is 10.9. The molecule has 25 heavy (non-hydrogen) atoms. The summed E-state index contributed by atoms with van der Waals surface area (Å²) in [6.45, 7) is 7.17. The van der Waals surface area contributed by atoms with Gasteiger partial charge < -0.3 is 14.8 Å². The van der Waals surface area contributed by atoms with Crippen LogP contribution < -0.4 is 14.8 Å². The van der Waals surface area contributed by atoms with Crippen LogP contribution in [-0.2, 0) is 6.42 Å². The van der Waals surface area contributed by atoms with Crippen molar-refractivity contribution < 1.29 is 14.3 Å². The number of benzene rings is 1. The Morgan fingerprint density at radius 3 is 2.72 bits per heavy atom. The molecule has 1 fully saturated rings. The van der Waals surface area contributed by atoms with Crippen LogP contribution in [0.2, 0.25) is 0 Å². The molecule has 5 heteroatoms. The molecule has 1 aliphatic heterocycles. The van der Waals surface area contributed by atoms with Crippen LogP contribution in [0.25, 0.3) is 0 Å². The molecule has 0 saturated carbocycles. The van der Waals surface area contributed by atoms with E-state index in [1.54, 1.807) is 14.2 Å². The number of methoxy groups -OCH3 is 2. The Bertz CT molecular complexity index is 574. The monoisotopic (exact) mass is 348 g/mol. The number of aryl methyl sites for hydroxylation is 1. The minimum absolute atomic E-state index is 0.0866. The van der Waals surface area contributed by atoms with Crippen LogP contribution in [0.15, 0.2) is 12.1 Å². The number of likely N-dealkylation sites (tertiary alicyclic amines) is 1. The predicted molar refractivity (Wildman–Crippen MR) is 101 cm³/mol. The Kier molecular flexibility index (Phi) is 7.56. The zero-order chi connectivity index (χ0) is 18.2. The second-order valence-electron chi connectivity index (χ2n) is 6.62. The molecule has 1 unspecified atom stereocenters. The van der Waals surface area contributed by atoms with E-state index in [0.717, 1.165) is 44.3 Å². The molecule has 0 bridgehead atoms. The first-order valence-corrected chi connectivity index (χ1v) is 9.41. The van der Waals surface area contributed by atoms with E-state index in [2.05, 4.69) is 24.1 Å². The molecule has 2 rings (SSSR count). The fourth-order valence-electron chi connectivity index (χ4n) is 3.56. The van der Waals surface area contributed by atoms with Gasteiger partial charge in [0.2, 0.25) is 0 Å². The van der Waals surface area contributed by atoms with Crippen molar-refractivity contribution in [1.82, 2.24) is 10.2 Å². The molecule has 5 nitrogen and oxygen atoms in total. The molecule has 1 heterocycles. The minimum atomic E-state index is -0.0866. The van der Waals surface area contributed by atoms with Gasteiger partial charge in [-0.1, -0.05) is 20.3 Å². The van der Waals surface area contributed by atoms with Crippen molar-refractivity contribution in [2.75, 3.05) is 33.9 Å². The number of likely N-dealkylation sites (N-methyl/N-ethyl adjacent to an activating group) is 1. The zero-order valence-corrected chi connectivity index (χ0v) is 16.1. The van der Waals surface area contributed by atoms with Gasteiger partial charge in [-0.2, -0.15) is 0 Å². The lowest BCUT2D eigenvalue weighted by Gasteiger charge is -2.23. The number of hydrogen-bond donors (Lipinski definition) is 1. The fraction of sp³-hybridized carbons (Fsp3) is 0.650. The predicted octanol–water partition coefficient (Wildman–Crippen LogP) is 3.26. The number of carbonyl (C=O) groups is 1. The quantitative estimate of drug-likeness (QED) is 0.744. The summed E-state index contributed by atoms with van der Waals surface area (Å²) in [5, 5.41) is 3.10. The van der Waals surface area contributed by atoms with E-state index < -0.39 is 0 Å². The highest BCUT2D eigenvalue weighted by Crippen LogP contribution is 2.33. The van der Waals surface area contributed by atoms with Crippen molar-refractivity contribution in [2.24, 2.45) is 0 Å². The highest BCUT2D eigenvalue weighted by Gasteiger charge is 2.24. The topological polar surface area (TPSA) is 50.8 Å². The van der Waals surface area contributed by atoms with E-state index >= 15 is 0 Å². The van der Waals surface area contributed by atoms with Crippen molar-refractivity contribution in [3.8, 4) is 11.5 Å². The van der Waals surface area contributed by atoms with E-state index in [1.165, 1.54) is 6.42 Å². The van der Waals surface area contributed by atoms with Gasteiger partial charge in [0.05, 0.1) is 19.8 Å². The minimum Gasteiger partial charge on any atom is -0.493 e. The molecule has 1 aliphatic rings. The summed E-state index contributed by atoms with van der Waals surface area (Å²) >= 11 is 0. The summed E-state index contributed by atoms with van der Waals surface area (Å²) in [6.07, 6.45) is 5.49. The lowest BCUT2D eigenvalue weighted by atomic mass is 10.0. The third kappa shape index (κ3) is 4.88. The fourth-order valence-corrected chi connectivity index (χ4v) is 3.56. The molecule has 0 spiro atoms. The molecule has 1 saturated heterocycles. The maximum Gasteiger partial charge on any atom is 0.255 e. The first-order chi connectivity index (χ1) is 12.1. The summed E-state index contributed by atoms with van der Waals surface area (Å²) in [4.78, 5) is 15.2. The Morgan fingerprint density at radius 1 is 1.28 bits per heavy atom. The molecule has 1 aromatic rings. The van der Waals surface area contributed by atoms with Crippen molar-refractivity contribution in [3.63, 3.8) is 0 Å². The van der Waals surface area contributed by atoms with Crippen molar-refractivity contribution in [3.05, 3.63) is 23.3 Å². The van der Waals surface area contributed by atoms with E-state index in [0.29, 0.717) is 29.6 Å². The van der Waals surface area contributed by atoms with Crippen LogP contribution in [0.5, 0.6) is 11.5 Å². The molecule has 1 atom stereocenters. The Balaban J connectivity index is 2.15. The summed E-state index contributed by atoms with van der Waals surface area (Å²) in [7, 11) is 3.19. The standard InChI is InChI=1S/C20H32N2O3/c1-5-7-9-15-12-17(19(25-4)18(13-15)24-3)20(23)21-14-16-10-8-11-22(16)6-2/h12-13,16H,5-11,14H2,1-4H3,(H,21,23). The van der Waals surface area contributed by atoms with Crippen molar-refractivity contribution in [1.29, 1.82) is 0 Å². The number of rotatable bonds is 9. The molecule has 0 radical (unpaired) electrons. The highest BCUT2D eigenvalue weighted by atomic mass is 16.5. The largest absolute Gasteiger partial charge is 0.493 e. The van der Waals surface area contributed by atoms with Gasteiger partial charge in [-0.05, 0) is 56.5 Å². The van der Waals surface area contributed by atoms with E-state index in [9.17, 15) is 4.79 Å². The molecule has 140 valence electrons. The maximum absolute atomic E-state index is 12.8. The first kappa shape index (κ1) is 19.6. The Morgan fingerprint density at radius 2 is 2.08 bits per heavy atom. The molecule has 1 aromatic carbocycles. The number of ether oxygens (including phenoxy) is 2. The van der Waals surface area contributed by atoms with Crippen LogP contribution in [0.1, 0.15) is 55.5 Å². The Labute approximate surface area is 151 Å². The van der Waals surface area contributed by atoms with E-state index in [1.807, 2.05) is 12.1 Å². The van der Waals surface area contributed by atoms with Gasteiger partial charge in [-0.15, -0.1) is 0 Å². The molecule has 0 aliphatic carbocycles. The number of unbranched alkanes of at least 4 members (excludes halogenated alkanes) is 1. The lowest BCUT2D eigenvalue weighted by Crippen LogP contribution is -2.40. The molecule has 1 amide bonds. The molecule has 0 aromatic heterocycles. The summed E-state index contributed by atoms with van der Waals surface area (Å²) in [5.41, 5.74) is 1.68. The number of nitrogens with zero attached hydrogens (tertiary/aromatic N) is 1. The smallest absolute Gasteiger partial charge is 0.255 e. The van der Waals surface area contributed by atoms with Crippen LogP contribution in [0, 0.1) is 0 Å². The number of hydrogen-bond acceptors (Lipinski definition) is 4. The Hall–Kier alpha value is -1.75. The van der Waals surface area contributed by atoms with Gasteiger partial charge >= 0.3 is 0 Å². The SMILES string of the molecule is CCCCc1cc(OC)c(OC)c(C(=O)NCC2CCCN2CC)c1. The average Bonchev–Trinajstić information content (AvgIpc) is 3.10. The van der Waals surface area contributed by atoms with Crippen molar-refractivity contribution in [2.45, 2.75) is 52.0 Å². The third-order valence-electron chi connectivity index (χ3n) is 5.01. The van der Waals surface area contributed by atoms with Crippen LogP contribution in [0.3, 0.4) is 0 Å². The first-order valence-electron chi connectivity index (χ1n) is 9.41. The number of nitrogens with one attached hydrogen (secondary N) is 1. The van der Waals surface area contributed by atoms with Crippen LogP contribution in [-0.4, -0.2) is 50.7 Å². The van der Waals surface area contributed by atoms with E-state index in [4.69, 9.17) is 9.47 Å². The van der Waals surface area contributed by atoms with Crippen LogP contribution >= 0.6 is 0 Å². The van der Waals surface area contributed by atoms with Crippen LogP contribution in [0.4, 0.5) is 0 Å². The second kappa shape index (κ2) is 9.66. The highest BCUT2D eigenvalue weighted by molar-refractivity contribution is 5.98.